The fourth-order valence-corrected chi connectivity index (χ4v) is 1.71. The van der Waals surface area contributed by atoms with Gasteiger partial charge in [-0.1, -0.05) is 27.7 Å². The first kappa shape index (κ1) is 45.1. The standard InChI is InChI=1S/C6H14O3.3C4H8O2S.C3H6O2S/c1-2-6(3-7,4-8)5-9;3*1-3(7)2-4(5)6;1-2(6)3(4)5/h7-9H,2-5H2,1H3;3*3,7H,2H2,1H3,(H,5,6);2,6H,1H3,(H,4,5). The van der Waals surface area contributed by atoms with Crippen LogP contribution in [0.3, 0.4) is 0 Å². The topological polar surface area (TPSA) is 210 Å². The number of aliphatic hydroxyl groups excluding tert-OH is 3. The Morgan fingerprint density at radius 3 is 0.806 bits per heavy atom. The largest absolute Gasteiger partial charge is 0.481 e. The summed E-state index contributed by atoms with van der Waals surface area (Å²) in [4.78, 5) is 38.9. The van der Waals surface area contributed by atoms with Crippen molar-refractivity contribution >= 4 is 74.4 Å². The highest BCUT2D eigenvalue weighted by Gasteiger charge is 2.24. The highest BCUT2D eigenvalue weighted by molar-refractivity contribution is 7.81. The predicted molar refractivity (Wildman–Crippen MR) is 152 cm³/mol. The van der Waals surface area contributed by atoms with Crippen molar-refractivity contribution in [1.29, 1.82) is 0 Å². The Hall–Kier alpha value is -0.840. The van der Waals surface area contributed by atoms with Gasteiger partial charge in [-0.2, -0.15) is 50.5 Å². The smallest absolute Gasteiger partial charge is 0.316 e. The second-order valence-corrected chi connectivity index (χ2v) is 11.1. The van der Waals surface area contributed by atoms with Crippen LogP contribution in [-0.2, 0) is 19.2 Å². The zero-order chi connectivity index (χ0) is 30.1. The average Bonchev–Trinajstić information content (AvgIpc) is 2.69. The maximum Gasteiger partial charge on any atom is 0.316 e. The fraction of sp³-hybridized carbons (Fsp3) is 0.810. The quantitative estimate of drug-likeness (QED) is 0.155. The second kappa shape index (κ2) is 28.7. The van der Waals surface area contributed by atoms with Gasteiger partial charge in [0.05, 0.1) is 44.3 Å². The molecule has 0 saturated heterocycles. The summed E-state index contributed by atoms with van der Waals surface area (Å²) in [6.07, 6.45) is 1.02. The molecule has 0 spiro atoms. The van der Waals surface area contributed by atoms with E-state index in [1.165, 1.54) is 6.92 Å². The summed E-state index contributed by atoms with van der Waals surface area (Å²) in [7, 11) is 0. The zero-order valence-corrected chi connectivity index (χ0v) is 24.9. The van der Waals surface area contributed by atoms with E-state index in [-0.39, 0.29) is 54.8 Å². The minimum Gasteiger partial charge on any atom is -0.481 e. The molecule has 0 aromatic rings. The summed E-state index contributed by atoms with van der Waals surface area (Å²) in [5.74, 6) is -3.24. The maximum absolute atomic E-state index is 9.76. The molecule has 0 saturated carbocycles. The van der Waals surface area contributed by atoms with Gasteiger partial charge in [0.15, 0.2) is 0 Å². The maximum atomic E-state index is 9.76. The van der Waals surface area contributed by atoms with Crippen LogP contribution < -0.4 is 0 Å². The third-order valence-corrected chi connectivity index (χ3v) is 4.29. The van der Waals surface area contributed by atoms with Crippen LogP contribution in [0.25, 0.3) is 0 Å². The van der Waals surface area contributed by atoms with Crippen LogP contribution in [0, 0.1) is 5.41 Å². The zero-order valence-electron chi connectivity index (χ0n) is 21.3. The summed E-state index contributed by atoms with van der Waals surface area (Å²) in [5.41, 5.74) is -0.667. The van der Waals surface area contributed by atoms with Crippen molar-refractivity contribution in [2.75, 3.05) is 19.8 Å². The molecule has 0 aliphatic carbocycles. The van der Waals surface area contributed by atoms with Crippen LogP contribution in [0.15, 0.2) is 0 Å². The van der Waals surface area contributed by atoms with Gasteiger partial charge in [-0.3, -0.25) is 19.2 Å². The molecule has 0 aromatic heterocycles. The lowest BCUT2D eigenvalue weighted by Crippen LogP contribution is -2.32. The molecule has 0 aromatic carbocycles. The SMILES string of the molecule is CC(S)C(=O)O.CC(S)CC(=O)O.CC(S)CC(=O)O.CC(S)CC(=O)O.CCC(CO)(CO)CO. The number of hydrogen-bond donors (Lipinski definition) is 11. The third kappa shape index (κ3) is 46.5. The number of carboxylic acid groups (broad SMARTS) is 4. The van der Waals surface area contributed by atoms with E-state index in [1.54, 1.807) is 20.8 Å². The molecule has 0 fully saturated rings. The minimum atomic E-state index is -0.877. The van der Waals surface area contributed by atoms with E-state index in [1.807, 2.05) is 6.92 Å². The van der Waals surface area contributed by atoms with E-state index >= 15 is 0 Å². The van der Waals surface area contributed by atoms with Crippen molar-refractivity contribution in [3.05, 3.63) is 0 Å². The highest BCUT2D eigenvalue weighted by atomic mass is 32.1. The van der Waals surface area contributed by atoms with E-state index in [9.17, 15) is 19.2 Å². The van der Waals surface area contributed by atoms with Gasteiger partial charge < -0.3 is 35.7 Å². The van der Waals surface area contributed by atoms with Crippen LogP contribution in [0.5, 0.6) is 0 Å². The van der Waals surface area contributed by atoms with Crippen molar-refractivity contribution in [3.8, 4) is 0 Å². The van der Waals surface area contributed by atoms with E-state index in [0.29, 0.717) is 6.42 Å². The summed E-state index contributed by atoms with van der Waals surface area (Å²) in [6.45, 7) is 8.10. The minimum absolute atomic E-state index is 0.0301. The van der Waals surface area contributed by atoms with Crippen LogP contribution in [-0.4, -0.2) is 100 Å². The molecule has 36 heavy (non-hydrogen) atoms. The van der Waals surface area contributed by atoms with E-state index in [0.717, 1.165) is 0 Å². The molecule has 0 heterocycles. The number of rotatable bonds is 11. The van der Waals surface area contributed by atoms with Gasteiger partial charge in [0, 0.05) is 21.2 Å². The lowest BCUT2D eigenvalue weighted by Gasteiger charge is -2.24. The lowest BCUT2D eigenvalue weighted by atomic mass is 9.88. The summed E-state index contributed by atoms with van der Waals surface area (Å²) >= 11 is 15.2. The number of aliphatic hydroxyl groups is 3. The number of carbonyl (C=O) groups is 4. The van der Waals surface area contributed by atoms with Gasteiger partial charge >= 0.3 is 23.9 Å². The first-order valence-electron chi connectivity index (χ1n) is 10.7. The second-order valence-electron chi connectivity index (χ2n) is 7.68. The van der Waals surface area contributed by atoms with Crippen molar-refractivity contribution in [3.63, 3.8) is 0 Å². The summed E-state index contributed by atoms with van der Waals surface area (Å²) < 4.78 is 0. The summed E-state index contributed by atoms with van der Waals surface area (Å²) in [6, 6.07) is 0. The van der Waals surface area contributed by atoms with Gasteiger partial charge in [0.2, 0.25) is 0 Å². The van der Waals surface area contributed by atoms with E-state index in [4.69, 9.17) is 35.7 Å². The first-order chi connectivity index (χ1) is 16.3. The van der Waals surface area contributed by atoms with Gasteiger partial charge in [0.25, 0.3) is 0 Å². The fourth-order valence-electron chi connectivity index (χ4n) is 1.24. The molecule has 0 bridgehead atoms. The van der Waals surface area contributed by atoms with Crippen LogP contribution in [0.2, 0.25) is 0 Å². The molecule has 4 unspecified atom stereocenters. The van der Waals surface area contributed by atoms with Crippen LogP contribution in [0.4, 0.5) is 0 Å². The van der Waals surface area contributed by atoms with Crippen molar-refractivity contribution < 1.29 is 54.9 Å². The molecule has 0 aliphatic rings. The molecule has 0 amide bonds. The van der Waals surface area contributed by atoms with Gasteiger partial charge in [-0.05, 0) is 13.3 Å². The number of hydrogen-bond acceptors (Lipinski definition) is 11. The molecule has 0 rings (SSSR count). The van der Waals surface area contributed by atoms with Crippen LogP contribution in [0.1, 0.15) is 60.3 Å². The molecule has 0 aliphatic heterocycles. The Morgan fingerprint density at radius 1 is 0.611 bits per heavy atom. The third-order valence-electron chi connectivity index (χ3n) is 3.52. The van der Waals surface area contributed by atoms with Crippen molar-refractivity contribution in [2.24, 2.45) is 5.41 Å². The Kier molecular flexibility index (Phi) is 36.0. The number of carboxylic acids is 4. The van der Waals surface area contributed by atoms with Crippen LogP contribution >= 0.6 is 50.5 Å². The molecule has 15 heteroatoms. The molecule has 7 N–H and O–H groups in total. The average molecular weight is 601 g/mol. The monoisotopic (exact) mass is 600 g/mol. The lowest BCUT2D eigenvalue weighted by molar-refractivity contribution is -0.137. The first-order valence-corrected chi connectivity index (χ1v) is 12.8. The molecular weight excluding hydrogens is 556 g/mol. The Morgan fingerprint density at radius 2 is 0.806 bits per heavy atom. The van der Waals surface area contributed by atoms with Crippen molar-refractivity contribution in [1.82, 2.24) is 0 Å². The Balaban J connectivity index is -0.000000112. The predicted octanol–water partition coefficient (Wildman–Crippen LogP) is 2.09. The van der Waals surface area contributed by atoms with Gasteiger partial charge in [-0.25, -0.2) is 0 Å². The summed E-state index contributed by atoms with van der Waals surface area (Å²) in [5, 5.41) is 57.4. The number of thiol groups is 4. The van der Waals surface area contributed by atoms with Gasteiger partial charge in [-0.15, -0.1) is 0 Å². The Labute approximate surface area is 235 Å². The molecule has 11 nitrogen and oxygen atoms in total. The highest BCUT2D eigenvalue weighted by Crippen LogP contribution is 2.18. The molecule has 0 radical (unpaired) electrons. The number of aliphatic carboxylic acids is 4. The molecule has 218 valence electrons. The van der Waals surface area contributed by atoms with E-state index in [2.05, 4.69) is 50.5 Å². The van der Waals surface area contributed by atoms with Crippen molar-refractivity contribution in [2.45, 2.75) is 81.3 Å². The Bertz CT molecular complexity index is 503. The van der Waals surface area contributed by atoms with Gasteiger partial charge in [0.1, 0.15) is 0 Å². The normalized spacial score (nSPS) is 13.1. The van der Waals surface area contributed by atoms with E-state index < -0.39 is 34.5 Å². The molecular formula is C21H44O11S4. The molecule has 4 atom stereocenters.